The highest BCUT2D eigenvalue weighted by Crippen LogP contribution is 2.24. The average Bonchev–Trinajstić information content (AvgIpc) is 2.90. The number of carbonyl (C=O) groups excluding carboxylic acids is 2. The van der Waals surface area contributed by atoms with Crippen LogP contribution < -0.4 is 5.32 Å². The Bertz CT molecular complexity index is 742. The molecule has 0 spiro atoms. The lowest BCUT2D eigenvalue weighted by atomic mass is 10.2. The zero-order chi connectivity index (χ0) is 18.4. The van der Waals surface area contributed by atoms with Crippen molar-refractivity contribution in [2.24, 2.45) is 0 Å². The predicted octanol–water partition coefficient (Wildman–Crippen LogP) is 0.979. The van der Waals surface area contributed by atoms with Gasteiger partial charge < -0.3 is 10.2 Å². The van der Waals surface area contributed by atoms with Gasteiger partial charge in [0.05, 0.1) is 28.8 Å². The summed E-state index contributed by atoms with van der Waals surface area (Å²) in [5, 5.41) is 3.72. The summed E-state index contributed by atoms with van der Waals surface area (Å²) in [6.07, 6.45) is 2.02. The molecule has 1 aromatic heterocycles. The van der Waals surface area contributed by atoms with Gasteiger partial charge in [0.25, 0.3) is 0 Å². The Kier molecular flexibility index (Phi) is 7.09. The number of amides is 2. The summed E-state index contributed by atoms with van der Waals surface area (Å²) < 4.78 is 22.8. The first-order chi connectivity index (χ1) is 11.8. The molecule has 138 valence electrons. The number of thioether (sulfide) groups is 1. The molecule has 1 fully saturated rings. The summed E-state index contributed by atoms with van der Waals surface area (Å²) in [5.41, 5.74) is 0. The second-order valence-corrected chi connectivity index (χ2v) is 9.25. The van der Waals surface area contributed by atoms with E-state index in [1.807, 2.05) is 0 Å². The largest absolute Gasteiger partial charge is 0.351 e. The Morgan fingerprint density at radius 1 is 1.48 bits per heavy atom. The molecule has 10 heteroatoms. The Balaban J connectivity index is 1.83. The zero-order valence-corrected chi connectivity index (χ0v) is 16.2. The van der Waals surface area contributed by atoms with Crippen molar-refractivity contribution in [3.63, 3.8) is 0 Å². The van der Waals surface area contributed by atoms with Crippen molar-refractivity contribution < 1.29 is 18.0 Å². The summed E-state index contributed by atoms with van der Waals surface area (Å²) in [7, 11) is -3.05. The molecule has 1 saturated heterocycles. The number of hydrogen-bond acceptors (Lipinski definition) is 6. The van der Waals surface area contributed by atoms with E-state index >= 15 is 0 Å². The van der Waals surface area contributed by atoms with Crippen LogP contribution in [-0.4, -0.2) is 66.5 Å². The molecule has 7 nitrogen and oxygen atoms in total. The fourth-order valence-electron chi connectivity index (χ4n) is 2.43. The smallest absolute Gasteiger partial charge is 0.239 e. The predicted molar refractivity (Wildman–Crippen MR) is 97.4 cm³/mol. The highest BCUT2D eigenvalue weighted by molar-refractivity contribution is 8.00. The summed E-state index contributed by atoms with van der Waals surface area (Å²) in [6, 6.07) is 3.04. The first kappa shape index (κ1) is 20.0. The van der Waals surface area contributed by atoms with Gasteiger partial charge in [-0.2, -0.15) is 0 Å². The Labute approximate surface area is 156 Å². The Hall–Kier alpha value is -1.32. The van der Waals surface area contributed by atoms with Crippen molar-refractivity contribution in [2.75, 3.05) is 30.3 Å². The van der Waals surface area contributed by atoms with E-state index in [4.69, 9.17) is 11.6 Å². The van der Waals surface area contributed by atoms with Crippen LogP contribution in [0.2, 0.25) is 5.02 Å². The second kappa shape index (κ2) is 8.86. The topological polar surface area (TPSA) is 96.4 Å². The van der Waals surface area contributed by atoms with E-state index in [-0.39, 0.29) is 41.7 Å². The third kappa shape index (κ3) is 6.16. The van der Waals surface area contributed by atoms with Gasteiger partial charge in [-0.3, -0.25) is 9.59 Å². The van der Waals surface area contributed by atoms with Gasteiger partial charge in [-0.15, -0.1) is 0 Å². The van der Waals surface area contributed by atoms with Gasteiger partial charge in [-0.05, 0) is 25.5 Å². The normalized spacial score (nSPS) is 18.7. The third-order valence-corrected chi connectivity index (χ3v) is 6.90. The second-order valence-electron chi connectivity index (χ2n) is 5.65. The number of aromatic nitrogens is 1. The molecule has 0 unspecified atom stereocenters. The number of pyridine rings is 1. The van der Waals surface area contributed by atoms with Crippen molar-refractivity contribution >= 4 is 45.0 Å². The van der Waals surface area contributed by atoms with Crippen LogP contribution in [0.3, 0.4) is 0 Å². The molecule has 0 aliphatic carbocycles. The zero-order valence-electron chi connectivity index (χ0n) is 13.8. The lowest BCUT2D eigenvalue weighted by molar-refractivity contribution is -0.134. The van der Waals surface area contributed by atoms with E-state index in [0.717, 1.165) is 0 Å². The van der Waals surface area contributed by atoms with E-state index in [0.29, 0.717) is 23.0 Å². The van der Waals surface area contributed by atoms with Gasteiger partial charge in [-0.25, -0.2) is 13.4 Å². The minimum atomic E-state index is -3.05. The summed E-state index contributed by atoms with van der Waals surface area (Å²) in [6.45, 7) is 2.07. The van der Waals surface area contributed by atoms with Crippen LogP contribution in [0, 0.1) is 0 Å². The molecule has 2 rings (SSSR count). The van der Waals surface area contributed by atoms with Crippen LogP contribution in [0.15, 0.2) is 23.4 Å². The monoisotopic (exact) mass is 405 g/mol. The quantitative estimate of drug-likeness (QED) is 0.679. The van der Waals surface area contributed by atoms with E-state index in [9.17, 15) is 18.0 Å². The number of nitrogens with zero attached hydrogens (tertiary/aromatic N) is 2. The fourth-order valence-corrected chi connectivity index (χ4v) is 5.17. The molecular formula is C15H20ClN3O4S2. The number of carbonyl (C=O) groups is 2. The van der Waals surface area contributed by atoms with Gasteiger partial charge in [0.1, 0.15) is 5.03 Å². The highest BCUT2D eigenvalue weighted by Gasteiger charge is 2.29. The maximum atomic E-state index is 12.3. The van der Waals surface area contributed by atoms with Crippen LogP contribution in [0.4, 0.5) is 0 Å². The molecule has 1 aliphatic rings. The van der Waals surface area contributed by atoms with Gasteiger partial charge in [0.15, 0.2) is 9.84 Å². The molecule has 1 N–H and O–H groups in total. The van der Waals surface area contributed by atoms with E-state index in [2.05, 4.69) is 10.3 Å². The molecule has 2 amide bonds. The van der Waals surface area contributed by atoms with Gasteiger partial charge in [0.2, 0.25) is 11.8 Å². The maximum absolute atomic E-state index is 12.3. The molecule has 1 atom stereocenters. The maximum Gasteiger partial charge on any atom is 0.239 e. The Morgan fingerprint density at radius 3 is 2.84 bits per heavy atom. The fraction of sp³-hybridized carbons (Fsp3) is 0.533. The van der Waals surface area contributed by atoms with E-state index in [1.54, 1.807) is 25.3 Å². The lowest BCUT2D eigenvalue weighted by Crippen LogP contribution is -2.45. The number of sulfone groups is 1. The molecule has 0 bridgehead atoms. The molecule has 0 aromatic carbocycles. The summed E-state index contributed by atoms with van der Waals surface area (Å²) in [4.78, 5) is 29.9. The van der Waals surface area contributed by atoms with Crippen LogP contribution >= 0.6 is 23.4 Å². The Morgan fingerprint density at radius 2 is 2.24 bits per heavy atom. The number of likely N-dealkylation sites (N-methyl/N-ethyl adjacent to an activating group) is 1. The molecule has 1 aliphatic heterocycles. The van der Waals surface area contributed by atoms with Crippen LogP contribution in [0.25, 0.3) is 0 Å². The van der Waals surface area contributed by atoms with Crippen molar-refractivity contribution in [3.8, 4) is 0 Å². The van der Waals surface area contributed by atoms with Crippen LogP contribution in [0.1, 0.15) is 13.3 Å². The summed E-state index contributed by atoms with van der Waals surface area (Å²) in [5.74, 6) is -0.375. The first-order valence-corrected chi connectivity index (χ1v) is 11.0. The van der Waals surface area contributed by atoms with Gasteiger partial charge in [0, 0.05) is 18.8 Å². The number of rotatable bonds is 7. The van der Waals surface area contributed by atoms with E-state index < -0.39 is 9.84 Å². The minimum Gasteiger partial charge on any atom is -0.351 e. The lowest BCUT2D eigenvalue weighted by Gasteiger charge is -2.21. The SMILES string of the molecule is CCN(CC(=O)N[C@H]1CCS(=O)(=O)C1)C(=O)CSc1ncccc1Cl. The van der Waals surface area contributed by atoms with Crippen molar-refractivity contribution in [1.29, 1.82) is 0 Å². The standard InChI is InChI=1S/C15H20ClN3O4S2/c1-2-19(8-13(20)18-11-5-7-25(22,23)10-11)14(21)9-24-15-12(16)4-3-6-17-15/h3-4,6,11H,2,5,7-10H2,1H3,(H,18,20)/t11-/m0/s1. The number of hydrogen-bond donors (Lipinski definition) is 1. The van der Waals surface area contributed by atoms with E-state index in [1.165, 1.54) is 16.7 Å². The molecule has 25 heavy (non-hydrogen) atoms. The average molecular weight is 406 g/mol. The van der Waals surface area contributed by atoms with Crippen molar-refractivity contribution in [3.05, 3.63) is 23.4 Å². The van der Waals surface area contributed by atoms with Gasteiger partial charge in [-0.1, -0.05) is 23.4 Å². The molecule has 0 radical (unpaired) electrons. The molecule has 2 heterocycles. The van der Waals surface area contributed by atoms with Crippen LogP contribution in [0.5, 0.6) is 0 Å². The summed E-state index contributed by atoms with van der Waals surface area (Å²) >= 11 is 7.22. The van der Waals surface area contributed by atoms with Crippen LogP contribution in [-0.2, 0) is 19.4 Å². The molecule has 0 saturated carbocycles. The first-order valence-electron chi connectivity index (χ1n) is 7.81. The number of halogens is 1. The molecular weight excluding hydrogens is 386 g/mol. The van der Waals surface area contributed by atoms with Crippen molar-refractivity contribution in [2.45, 2.75) is 24.4 Å². The highest BCUT2D eigenvalue weighted by atomic mass is 35.5. The third-order valence-electron chi connectivity index (χ3n) is 3.72. The minimum absolute atomic E-state index is 0.0349. The molecule has 1 aromatic rings. The number of nitrogens with one attached hydrogen (secondary N) is 1. The van der Waals surface area contributed by atoms with Crippen molar-refractivity contribution in [1.82, 2.24) is 15.2 Å². The van der Waals surface area contributed by atoms with Gasteiger partial charge >= 0.3 is 0 Å².